The van der Waals surface area contributed by atoms with Crippen molar-refractivity contribution >= 4 is 27.8 Å². The number of nitrogens with zero attached hydrogens (tertiary/aromatic N) is 1. The molecular formula is C20H25BrN2O2. The Morgan fingerprint density at radius 2 is 1.88 bits per heavy atom. The predicted molar refractivity (Wildman–Crippen MR) is 108 cm³/mol. The highest BCUT2D eigenvalue weighted by atomic mass is 79.9. The summed E-state index contributed by atoms with van der Waals surface area (Å²) < 4.78 is 12.4. The zero-order chi connectivity index (χ0) is 18.2. The number of rotatable bonds is 8. The van der Waals surface area contributed by atoms with Gasteiger partial charge in [0.2, 0.25) is 0 Å². The van der Waals surface area contributed by atoms with Gasteiger partial charge in [0.15, 0.2) is 11.5 Å². The Hall–Kier alpha value is -2.01. The van der Waals surface area contributed by atoms with E-state index in [9.17, 15) is 0 Å². The molecule has 2 aromatic carbocycles. The molecule has 0 heterocycles. The van der Waals surface area contributed by atoms with Gasteiger partial charge in [-0.15, -0.1) is 0 Å². The fourth-order valence-electron chi connectivity index (χ4n) is 2.26. The van der Waals surface area contributed by atoms with E-state index in [1.807, 2.05) is 25.1 Å². The Morgan fingerprint density at radius 1 is 1.08 bits per heavy atom. The van der Waals surface area contributed by atoms with E-state index in [1.54, 1.807) is 6.21 Å². The molecule has 0 bridgehead atoms. The van der Waals surface area contributed by atoms with Crippen molar-refractivity contribution in [3.63, 3.8) is 0 Å². The molecule has 0 saturated carbocycles. The summed E-state index contributed by atoms with van der Waals surface area (Å²) in [5.74, 6) is 1.46. The lowest BCUT2D eigenvalue weighted by atomic mass is 10.1. The van der Waals surface area contributed by atoms with E-state index in [0.29, 0.717) is 13.2 Å². The maximum Gasteiger partial charge on any atom is 0.175 e. The lowest BCUT2D eigenvalue weighted by Gasteiger charge is -2.14. The summed E-state index contributed by atoms with van der Waals surface area (Å²) in [6.07, 6.45) is 2.72. The van der Waals surface area contributed by atoms with E-state index in [-0.39, 0.29) is 0 Å². The number of nitrogens with one attached hydrogen (secondary N) is 1. The average molecular weight is 405 g/mol. The monoisotopic (exact) mass is 404 g/mol. The molecular weight excluding hydrogens is 380 g/mol. The van der Waals surface area contributed by atoms with Crippen LogP contribution in [-0.2, 0) is 0 Å². The second-order valence-electron chi connectivity index (χ2n) is 5.78. The average Bonchev–Trinajstić information content (AvgIpc) is 2.58. The lowest BCUT2D eigenvalue weighted by molar-refractivity contribution is 0.275. The second kappa shape index (κ2) is 9.47. The van der Waals surface area contributed by atoms with E-state index in [1.165, 1.54) is 11.1 Å². The van der Waals surface area contributed by atoms with Gasteiger partial charge in [-0.2, -0.15) is 5.10 Å². The molecule has 2 rings (SSSR count). The molecule has 1 N–H and O–H groups in total. The van der Waals surface area contributed by atoms with E-state index < -0.39 is 0 Å². The molecule has 0 atom stereocenters. The molecule has 2 aromatic rings. The summed E-state index contributed by atoms with van der Waals surface area (Å²) in [5.41, 5.74) is 7.46. The van der Waals surface area contributed by atoms with Gasteiger partial charge in [-0.25, -0.2) is 0 Å². The van der Waals surface area contributed by atoms with Crippen LogP contribution in [-0.4, -0.2) is 19.4 Å². The van der Waals surface area contributed by atoms with E-state index in [4.69, 9.17) is 9.47 Å². The van der Waals surface area contributed by atoms with E-state index in [2.05, 4.69) is 59.4 Å². The van der Waals surface area contributed by atoms with Crippen LogP contribution in [0.15, 0.2) is 39.9 Å². The summed E-state index contributed by atoms with van der Waals surface area (Å²) in [6.45, 7) is 9.45. The van der Waals surface area contributed by atoms with Crippen LogP contribution in [0.1, 0.15) is 37.0 Å². The van der Waals surface area contributed by atoms with Crippen LogP contribution in [0.25, 0.3) is 0 Å². The first-order valence-electron chi connectivity index (χ1n) is 8.50. The Morgan fingerprint density at radius 3 is 2.56 bits per heavy atom. The van der Waals surface area contributed by atoms with Crippen LogP contribution in [0.4, 0.5) is 5.69 Å². The van der Waals surface area contributed by atoms with Crippen molar-refractivity contribution in [1.29, 1.82) is 0 Å². The molecule has 0 saturated heterocycles. The molecule has 25 heavy (non-hydrogen) atoms. The largest absolute Gasteiger partial charge is 0.490 e. The molecule has 0 aromatic heterocycles. The zero-order valence-electron chi connectivity index (χ0n) is 15.2. The normalized spacial score (nSPS) is 10.9. The fraction of sp³-hybridized carbons (Fsp3) is 0.350. The fourth-order valence-corrected chi connectivity index (χ4v) is 2.84. The van der Waals surface area contributed by atoms with Crippen LogP contribution in [0, 0.1) is 13.8 Å². The first kappa shape index (κ1) is 19.3. The highest BCUT2D eigenvalue weighted by Crippen LogP contribution is 2.36. The molecule has 0 radical (unpaired) electrons. The van der Waals surface area contributed by atoms with Crippen LogP contribution in [0.5, 0.6) is 11.5 Å². The topological polar surface area (TPSA) is 42.8 Å². The number of anilines is 1. The number of ether oxygens (including phenoxy) is 2. The molecule has 0 aliphatic carbocycles. The Labute approximate surface area is 158 Å². The molecule has 0 aliphatic rings. The molecule has 0 unspecified atom stereocenters. The highest BCUT2D eigenvalue weighted by Gasteiger charge is 2.11. The molecule has 0 fully saturated rings. The Balaban J connectivity index is 2.16. The molecule has 0 aliphatic heterocycles. The van der Waals surface area contributed by atoms with Crippen molar-refractivity contribution in [2.24, 2.45) is 5.10 Å². The third kappa shape index (κ3) is 5.49. The summed E-state index contributed by atoms with van der Waals surface area (Å²) in [4.78, 5) is 0. The first-order chi connectivity index (χ1) is 12.0. The van der Waals surface area contributed by atoms with Crippen LogP contribution >= 0.6 is 15.9 Å². The van der Waals surface area contributed by atoms with Gasteiger partial charge in [0, 0.05) is 0 Å². The maximum atomic E-state index is 5.79. The number of benzene rings is 2. The molecule has 5 heteroatoms. The van der Waals surface area contributed by atoms with Crippen molar-refractivity contribution < 1.29 is 9.47 Å². The van der Waals surface area contributed by atoms with Gasteiger partial charge in [-0.1, -0.05) is 13.0 Å². The summed E-state index contributed by atoms with van der Waals surface area (Å²) >= 11 is 3.57. The number of hydrogen-bond donors (Lipinski definition) is 1. The molecule has 4 nitrogen and oxygen atoms in total. The quantitative estimate of drug-likeness (QED) is 0.453. The van der Waals surface area contributed by atoms with E-state index in [0.717, 1.165) is 33.6 Å². The van der Waals surface area contributed by atoms with Gasteiger partial charge < -0.3 is 9.47 Å². The van der Waals surface area contributed by atoms with E-state index >= 15 is 0 Å². The summed E-state index contributed by atoms with van der Waals surface area (Å²) in [5, 5.41) is 4.32. The molecule has 134 valence electrons. The first-order valence-corrected chi connectivity index (χ1v) is 9.30. The zero-order valence-corrected chi connectivity index (χ0v) is 16.8. The standard InChI is InChI=1S/C20H25BrN2O2/c1-5-9-25-20-18(21)11-16(12-19(20)24-6-2)13-22-23-17-8-7-14(3)15(4)10-17/h7-8,10-13,23H,5-6,9H2,1-4H3/b22-13+. The van der Waals surface area contributed by atoms with Gasteiger partial charge in [0.1, 0.15) is 0 Å². The van der Waals surface area contributed by atoms with Crippen LogP contribution < -0.4 is 14.9 Å². The van der Waals surface area contributed by atoms with Crippen molar-refractivity contribution in [2.45, 2.75) is 34.1 Å². The van der Waals surface area contributed by atoms with Crippen LogP contribution in [0.3, 0.4) is 0 Å². The predicted octanol–water partition coefficient (Wildman–Crippen LogP) is 5.70. The van der Waals surface area contributed by atoms with Crippen molar-refractivity contribution in [3.8, 4) is 11.5 Å². The SMILES string of the molecule is CCCOc1c(Br)cc(/C=N/Nc2ccc(C)c(C)c2)cc1OCC. The van der Waals surface area contributed by atoms with Crippen molar-refractivity contribution in [1.82, 2.24) is 0 Å². The minimum Gasteiger partial charge on any atom is -0.490 e. The second-order valence-corrected chi connectivity index (χ2v) is 6.63. The summed E-state index contributed by atoms with van der Waals surface area (Å²) in [6, 6.07) is 10.1. The molecule has 0 spiro atoms. The smallest absolute Gasteiger partial charge is 0.175 e. The highest BCUT2D eigenvalue weighted by molar-refractivity contribution is 9.10. The van der Waals surface area contributed by atoms with Gasteiger partial charge in [0.25, 0.3) is 0 Å². The van der Waals surface area contributed by atoms with Gasteiger partial charge in [-0.3, -0.25) is 5.43 Å². The Bertz CT molecular complexity index is 745. The summed E-state index contributed by atoms with van der Waals surface area (Å²) in [7, 11) is 0. The van der Waals surface area contributed by atoms with Crippen molar-refractivity contribution in [2.75, 3.05) is 18.6 Å². The van der Waals surface area contributed by atoms with Crippen molar-refractivity contribution in [3.05, 3.63) is 51.5 Å². The number of halogens is 1. The minimum atomic E-state index is 0.580. The van der Waals surface area contributed by atoms with Gasteiger partial charge in [-0.05, 0) is 84.1 Å². The third-order valence-corrected chi connectivity index (χ3v) is 4.29. The number of hydrazone groups is 1. The molecule has 0 amide bonds. The van der Waals surface area contributed by atoms with Crippen LogP contribution in [0.2, 0.25) is 0 Å². The van der Waals surface area contributed by atoms with Gasteiger partial charge in [0.05, 0.1) is 29.6 Å². The third-order valence-electron chi connectivity index (χ3n) is 3.70. The number of aryl methyl sites for hydroxylation is 2. The van der Waals surface area contributed by atoms with Gasteiger partial charge >= 0.3 is 0 Å². The maximum absolute atomic E-state index is 5.79. The lowest BCUT2D eigenvalue weighted by Crippen LogP contribution is -2.02. The Kier molecular flexibility index (Phi) is 7.31. The minimum absolute atomic E-state index is 0.580. The number of hydrogen-bond acceptors (Lipinski definition) is 4.